The summed E-state index contributed by atoms with van der Waals surface area (Å²) in [5.41, 5.74) is 1.99. The summed E-state index contributed by atoms with van der Waals surface area (Å²) in [7, 11) is 0. The van der Waals surface area contributed by atoms with E-state index in [1.807, 2.05) is 44.1 Å². The highest BCUT2D eigenvalue weighted by atomic mass is 16.6. The van der Waals surface area contributed by atoms with Crippen LogP contribution in [0.4, 0.5) is 4.79 Å². The lowest BCUT2D eigenvalue weighted by molar-refractivity contribution is 0.00993. The average Bonchev–Trinajstić information content (AvgIpc) is 2.48. The normalized spacial score (nSPS) is 18.8. The molecule has 0 aliphatic carbocycles. The summed E-state index contributed by atoms with van der Waals surface area (Å²) in [6.07, 6.45) is 6.76. The predicted molar refractivity (Wildman–Crippen MR) is 91.3 cm³/mol. The topological polar surface area (TPSA) is 54.5 Å². The van der Waals surface area contributed by atoms with Crippen molar-refractivity contribution in [2.75, 3.05) is 13.1 Å². The van der Waals surface area contributed by atoms with E-state index in [0.29, 0.717) is 0 Å². The van der Waals surface area contributed by atoms with Gasteiger partial charge in [-0.1, -0.05) is 0 Å². The minimum absolute atomic E-state index is 0.191. The van der Waals surface area contributed by atoms with Crippen LogP contribution < -0.4 is 5.32 Å². The molecule has 0 aromatic carbocycles. The van der Waals surface area contributed by atoms with Crippen LogP contribution >= 0.6 is 0 Å². The maximum atomic E-state index is 12.4. The number of likely N-dealkylation sites (tertiary alicyclic amines) is 1. The largest absolute Gasteiger partial charge is 0.444 e. The van der Waals surface area contributed by atoms with Crippen molar-refractivity contribution in [2.45, 2.75) is 65.1 Å². The Kier molecular flexibility index (Phi) is 5.99. The molecule has 2 heterocycles. The standard InChI is InChI=1S/C18H29N3O2/c1-14-11-19-9-8-15(14)12-20-13-16-7-5-6-10-21(16)17(22)23-18(2,3)4/h8-9,11,16,20H,5-7,10,12-13H2,1-4H3. The SMILES string of the molecule is Cc1cnccc1CNCC1CCCCN1C(=O)OC(C)(C)C. The van der Waals surface area contributed by atoms with Crippen LogP contribution in [0.3, 0.4) is 0 Å². The zero-order chi connectivity index (χ0) is 16.9. The maximum Gasteiger partial charge on any atom is 0.410 e. The Morgan fingerprint density at radius 1 is 1.43 bits per heavy atom. The van der Waals surface area contributed by atoms with E-state index < -0.39 is 5.60 Å². The monoisotopic (exact) mass is 319 g/mol. The third-order valence-electron chi connectivity index (χ3n) is 4.09. The van der Waals surface area contributed by atoms with Crippen LogP contribution in [0.15, 0.2) is 18.5 Å². The van der Waals surface area contributed by atoms with Gasteiger partial charge in [-0.2, -0.15) is 0 Å². The number of aromatic nitrogens is 1. The minimum Gasteiger partial charge on any atom is -0.444 e. The van der Waals surface area contributed by atoms with Crippen molar-refractivity contribution in [3.05, 3.63) is 29.6 Å². The Labute approximate surface area is 139 Å². The van der Waals surface area contributed by atoms with Crippen LogP contribution in [0.2, 0.25) is 0 Å². The zero-order valence-corrected chi connectivity index (χ0v) is 14.8. The van der Waals surface area contributed by atoms with Crippen molar-refractivity contribution in [1.82, 2.24) is 15.2 Å². The Bertz CT molecular complexity index is 525. The van der Waals surface area contributed by atoms with E-state index in [-0.39, 0.29) is 12.1 Å². The maximum absolute atomic E-state index is 12.4. The summed E-state index contributed by atoms with van der Waals surface area (Å²) >= 11 is 0. The molecule has 1 atom stereocenters. The molecule has 128 valence electrons. The van der Waals surface area contributed by atoms with E-state index in [0.717, 1.165) is 32.5 Å². The number of aryl methyl sites for hydroxylation is 1. The van der Waals surface area contributed by atoms with Crippen LogP contribution in [-0.2, 0) is 11.3 Å². The van der Waals surface area contributed by atoms with Gasteiger partial charge in [0.1, 0.15) is 5.60 Å². The van der Waals surface area contributed by atoms with Crippen LogP contribution in [-0.4, -0.2) is 40.7 Å². The summed E-state index contributed by atoms with van der Waals surface area (Å²) < 4.78 is 5.54. The third kappa shape index (κ3) is 5.50. The number of hydrogen-bond donors (Lipinski definition) is 1. The molecule has 23 heavy (non-hydrogen) atoms. The molecule has 0 radical (unpaired) electrons. The van der Waals surface area contributed by atoms with Crippen molar-refractivity contribution in [3.8, 4) is 0 Å². The van der Waals surface area contributed by atoms with Gasteiger partial charge >= 0.3 is 6.09 Å². The van der Waals surface area contributed by atoms with E-state index >= 15 is 0 Å². The van der Waals surface area contributed by atoms with E-state index in [2.05, 4.69) is 17.2 Å². The van der Waals surface area contributed by atoms with Gasteiger partial charge in [-0.3, -0.25) is 4.98 Å². The number of ether oxygens (including phenoxy) is 1. The number of hydrogen-bond acceptors (Lipinski definition) is 4. The third-order valence-corrected chi connectivity index (χ3v) is 4.09. The highest BCUT2D eigenvalue weighted by Gasteiger charge is 2.30. The minimum atomic E-state index is -0.444. The van der Waals surface area contributed by atoms with Crippen molar-refractivity contribution >= 4 is 6.09 Å². The molecular formula is C18H29N3O2. The number of nitrogens with zero attached hydrogens (tertiary/aromatic N) is 2. The lowest BCUT2D eigenvalue weighted by atomic mass is 10.0. The number of piperidine rings is 1. The second-order valence-electron chi connectivity index (χ2n) is 7.26. The van der Waals surface area contributed by atoms with Gasteiger partial charge in [0, 0.05) is 38.1 Å². The Hall–Kier alpha value is -1.62. The number of pyridine rings is 1. The van der Waals surface area contributed by atoms with Crippen molar-refractivity contribution < 1.29 is 9.53 Å². The first-order valence-electron chi connectivity index (χ1n) is 8.46. The van der Waals surface area contributed by atoms with Gasteiger partial charge in [-0.25, -0.2) is 4.79 Å². The molecule has 0 spiro atoms. The Morgan fingerprint density at radius 3 is 2.91 bits per heavy atom. The number of carbonyl (C=O) groups is 1. The predicted octanol–water partition coefficient (Wildman–Crippen LogP) is 3.27. The molecule has 2 rings (SSSR count). The number of amides is 1. The summed E-state index contributed by atoms with van der Waals surface area (Å²) in [6.45, 7) is 10.2. The molecule has 1 unspecified atom stereocenters. The lowest BCUT2D eigenvalue weighted by Crippen LogP contribution is -2.50. The van der Waals surface area contributed by atoms with Crippen LogP contribution in [0.1, 0.15) is 51.2 Å². The van der Waals surface area contributed by atoms with E-state index in [1.54, 1.807) is 0 Å². The first-order valence-corrected chi connectivity index (χ1v) is 8.46. The van der Waals surface area contributed by atoms with Gasteiger partial charge in [0.25, 0.3) is 0 Å². The van der Waals surface area contributed by atoms with Gasteiger partial charge in [-0.15, -0.1) is 0 Å². The molecule has 5 heteroatoms. The fraction of sp³-hybridized carbons (Fsp3) is 0.667. The molecule has 1 aromatic heterocycles. The smallest absolute Gasteiger partial charge is 0.410 e. The number of carbonyl (C=O) groups excluding carboxylic acids is 1. The Balaban J connectivity index is 1.89. The Morgan fingerprint density at radius 2 is 2.22 bits per heavy atom. The molecule has 1 fully saturated rings. The second-order valence-corrected chi connectivity index (χ2v) is 7.26. The van der Waals surface area contributed by atoms with E-state index in [9.17, 15) is 4.79 Å². The lowest BCUT2D eigenvalue weighted by Gasteiger charge is -2.37. The van der Waals surface area contributed by atoms with E-state index in [4.69, 9.17) is 4.74 Å². The molecular weight excluding hydrogens is 290 g/mol. The van der Waals surface area contributed by atoms with E-state index in [1.165, 1.54) is 17.5 Å². The highest BCUT2D eigenvalue weighted by molar-refractivity contribution is 5.68. The van der Waals surface area contributed by atoms with Crippen LogP contribution in [0.5, 0.6) is 0 Å². The fourth-order valence-corrected chi connectivity index (χ4v) is 2.85. The molecule has 0 bridgehead atoms. The summed E-state index contributed by atoms with van der Waals surface area (Å²) in [4.78, 5) is 18.4. The van der Waals surface area contributed by atoms with Gasteiger partial charge in [0.2, 0.25) is 0 Å². The van der Waals surface area contributed by atoms with Gasteiger partial charge in [-0.05, 0) is 64.2 Å². The molecule has 1 amide bonds. The first kappa shape index (κ1) is 17.7. The molecule has 1 aromatic rings. The van der Waals surface area contributed by atoms with Crippen molar-refractivity contribution in [3.63, 3.8) is 0 Å². The summed E-state index contributed by atoms with van der Waals surface area (Å²) in [5, 5.41) is 3.48. The van der Waals surface area contributed by atoms with Gasteiger partial charge in [0.15, 0.2) is 0 Å². The number of rotatable bonds is 4. The fourth-order valence-electron chi connectivity index (χ4n) is 2.85. The molecule has 0 saturated carbocycles. The van der Waals surface area contributed by atoms with Gasteiger partial charge in [0.05, 0.1) is 0 Å². The second kappa shape index (κ2) is 7.77. The number of nitrogens with one attached hydrogen (secondary N) is 1. The molecule has 1 aliphatic heterocycles. The van der Waals surface area contributed by atoms with Crippen LogP contribution in [0, 0.1) is 6.92 Å². The van der Waals surface area contributed by atoms with Crippen molar-refractivity contribution in [2.24, 2.45) is 0 Å². The zero-order valence-electron chi connectivity index (χ0n) is 14.8. The highest BCUT2D eigenvalue weighted by Crippen LogP contribution is 2.20. The average molecular weight is 319 g/mol. The molecule has 1 saturated heterocycles. The molecule has 1 N–H and O–H groups in total. The molecule has 1 aliphatic rings. The first-order chi connectivity index (χ1) is 10.9. The van der Waals surface area contributed by atoms with Crippen molar-refractivity contribution in [1.29, 1.82) is 0 Å². The molecule has 5 nitrogen and oxygen atoms in total. The van der Waals surface area contributed by atoms with Crippen LogP contribution in [0.25, 0.3) is 0 Å². The van der Waals surface area contributed by atoms with Gasteiger partial charge < -0.3 is 15.0 Å². The summed E-state index contributed by atoms with van der Waals surface area (Å²) in [6, 6.07) is 2.25. The summed E-state index contributed by atoms with van der Waals surface area (Å²) in [5.74, 6) is 0. The quantitative estimate of drug-likeness (QED) is 0.925.